The van der Waals surface area contributed by atoms with Crippen LogP contribution in [-0.2, 0) is 40.2 Å². The molecule has 4 N–H and O–H groups in total. The Morgan fingerprint density at radius 2 is 1.33 bits per heavy atom. The van der Waals surface area contributed by atoms with Crippen LogP contribution >= 0.6 is 12.0 Å². The Kier molecular flexibility index (Phi) is 11.9. The Bertz CT molecular complexity index is 2450. The lowest BCUT2D eigenvalue weighted by Gasteiger charge is -2.09. The second-order valence-electron chi connectivity index (χ2n) is 9.64. The van der Waals surface area contributed by atoms with Crippen LogP contribution in [0.25, 0.3) is 21.5 Å². The zero-order valence-corrected chi connectivity index (χ0v) is 28.2. The summed E-state index contributed by atoms with van der Waals surface area (Å²) in [6, 6.07) is 19.6. The highest BCUT2D eigenvalue weighted by molar-refractivity contribution is 7.94. The van der Waals surface area contributed by atoms with Crippen molar-refractivity contribution >= 4 is 92.9 Å². The van der Waals surface area contributed by atoms with Crippen LogP contribution in [0.15, 0.2) is 114 Å². The standard InChI is InChI=1S/C28H23N5O9S3.O3S/c1-16-12-18(29-2)6-9-23(16)30-32-25-11-10-24(20-8-7-19(14-22(20)25)44(35,36)37)31-33-26-15-21-17(13-28(26)45(38,39)40)4-3-5-27(21)43-42-41-34;1-4(2)3/h3-15,29,34H,1-2H3,(H,35,36,37)(H,38,39,40);. The summed E-state index contributed by atoms with van der Waals surface area (Å²) < 4.78 is 97.9. The number of benzene rings is 5. The third kappa shape index (κ3) is 9.47. The van der Waals surface area contributed by atoms with Gasteiger partial charge in [-0.05, 0) is 83.9 Å². The van der Waals surface area contributed by atoms with Crippen molar-refractivity contribution in [1.82, 2.24) is 0 Å². The van der Waals surface area contributed by atoms with Crippen LogP contribution in [0.1, 0.15) is 5.56 Å². The monoisotopic (exact) mass is 749 g/mol. The molecule has 0 aliphatic carbocycles. The molecular weight excluding hydrogens is 727 g/mol. The van der Waals surface area contributed by atoms with Crippen molar-refractivity contribution in [2.24, 2.45) is 20.5 Å². The van der Waals surface area contributed by atoms with Crippen LogP contribution < -0.4 is 5.32 Å². The highest BCUT2D eigenvalue weighted by atomic mass is 32.2. The van der Waals surface area contributed by atoms with Crippen molar-refractivity contribution in [2.45, 2.75) is 21.6 Å². The first-order chi connectivity index (χ1) is 23.1. The highest BCUT2D eigenvalue weighted by Crippen LogP contribution is 2.39. The Morgan fingerprint density at radius 3 is 1.92 bits per heavy atom. The fraction of sp³-hybridized carbons (Fsp3) is 0.0714. The normalized spacial score (nSPS) is 12.0. The number of fused-ring (bicyclic) bond motifs is 2. The minimum absolute atomic E-state index is 0.182. The molecule has 0 unspecified atom stereocenters. The Labute approximate surface area is 283 Å². The summed E-state index contributed by atoms with van der Waals surface area (Å²) in [7, 11) is -10.7. The van der Waals surface area contributed by atoms with Crippen LogP contribution in [0.4, 0.5) is 28.4 Å². The van der Waals surface area contributed by atoms with Crippen LogP contribution in [0.3, 0.4) is 0 Å². The summed E-state index contributed by atoms with van der Waals surface area (Å²) in [4.78, 5) is -0.491. The molecule has 0 heterocycles. The maximum absolute atomic E-state index is 12.3. The van der Waals surface area contributed by atoms with Crippen LogP contribution in [0.5, 0.6) is 0 Å². The van der Waals surface area contributed by atoms with E-state index >= 15 is 0 Å². The number of nitrogens with zero attached hydrogens (tertiary/aromatic N) is 4. The Hall–Kier alpha value is -4.71. The van der Waals surface area contributed by atoms with Crippen LogP contribution in [0.2, 0.25) is 0 Å². The number of hydrogen-bond donors (Lipinski definition) is 4. The van der Waals surface area contributed by atoms with Gasteiger partial charge < -0.3 is 5.32 Å². The van der Waals surface area contributed by atoms with Crippen molar-refractivity contribution in [3.63, 3.8) is 0 Å². The fourth-order valence-electron chi connectivity index (χ4n) is 4.44. The van der Waals surface area contributed by atoms with Gasteiger partial charge in [0.15, 0.2) is 0 Å². The molecule has 5 aromatic rings. The molecule has 0 bridgehead atoms. The number of azo groups is 2. The summed E-state index contributed by atoms with van der Waals surface area (Å²) in [6.45, 7) is 1.86. The van der Waals surface area contributed by atoms with E-state index in [0.717, 1.165) is 11.3 Å². The van der Waals surface area contributed by atoms with Crippen LogP contribution in [-0.4, -0.2) is 50.9 Å². The quantitative estimate of drug-likeness (QED) is 0.0365. The van der Waals surface area contributed by atoms with E-state index in [9.17, 15) is 25.9 Å². The molecule has 0 aromatic heterocycles. The van der Waals surface area contributed by atoms with Gasteiger partial charge in [-0.1, -0.05) is 23.2 Å². The number of nitrogens with one attached hydrogen (secondary N) is 1. The first-order valence-corrected chi connectivity index (χ1v) is 17.9. The Balaban J connectivity index is 0.00000128. The van der Waals surface area contributed by atoms with E-state index < -0.39 is 40.6 Å². The molecule has 0 radical (unpaired) electrons. The van der Waals surface area contributed by atoms with Gasteiger partial charge in [-0.25, -0.2) is 5.26 Å². The molecule has 5 aromatic carbocycles. The smallest absolute Gasteiger partial charge is 0.388 e. The predicted octanol–water partition coefficient (Wildman–Crippen LogP) is 7.09. The van der Waals surface area contributed by atoms with E-state index in [2.05, 4.69) is 35.1 Å². The molecule has 0 fully saturated rings. The second kappa shape index (κ2) is 15.7. The van der Waals surface area contributed by atoms with Crippen molar-refractivity contribution < 1.29 is 53.2 Å². The van der Waals surface area contributed by atoms with Gasteiger partial charge in [-0.15, -0.1) is 32.3 Å². The maximum Gasteiger partial charge on any atom is 0.425 e. The third-order valence-corrected chi connectivity index (χ3v) is 9.01. The molecule has 5 rings (SSSR count). The van der Waals surface area contributed by atoms with E-state index in [1.165, 1.54) is 42.5 Å². The minimum Gasteiger partial charge on any atom is -0.388 e. The first-order valence-electron chi connectivity index (χ1n) is 13.2. The van der Waals surface area contributed by atoms with Crippen molar-refractivity contribution in [3.8, 4) is 0 Å². The largest absolute Gasteiger partial charge is 0.425 e. The zero-order valence-electron chi connectivity index (χ0n) is 24.9. The first kappa shape index (κ1) is 37.1. The summed E-state index contributed by atoms with van der Waals surface area (Å²) in [5.74, 6) is 0. The molecule has 21 heteroatoms. The van der Waals surface area contributed by atoms with Crippen molar-refractivity contribution in [3.05, 3.63) is 84.4 Å². The average molecular weight is 750 g/mol. The van der Waals surface area contributed by atoms with Crippen LogP contribution in [0, 0.1) is 6.92 Å². The second-order valence-corrected chi connectivity index (χ2v) is 13.6. The molecule has 0 amide bonds. The molecule has 0 saturated heterocycles. The highest BCUT2D eigenvalue weighted by Gasteiger charge is 2.19. The molecule has 17 nitrogen and oxygen atoms in total. The molecule has 49 heavy (non-hydrogen) atoms. The predicted molar refractivity (Wildman–Crippen MR) is 177 cm³/mol. The molecule has 0 atom stereocenters. The molecule has 0 aliphatic rings. The molecule has 0 spiro atoms. The third-order valence-electron chi connectivity index (χ3n) is 6.61. The van der Waals surface area contributed by atoms with Gasteiger partial charge in [-0.2, -0.15) is 21.9 Å². The van der Waals surface area contributed by atoms with E-state index in [1.54, 1.807) is 31.3 Å². The molecular formula is C28H23N5O12S4. The zero-order chi connectivity index (χ0) is 35.9. The lowest BCUT2D eigenvalue weighted by Crippen LogP contribution is -1.99. The molecule has 0 saturated carbocycles. The average Bonchev–Trinajstić information content (AvgIpc) is 3.04. The topological polar surface area (TPSA) is 260 Å². The van der Waals surface area contributed by atoms with Gasteiger partial charge >= 0.3 is 10.6 Å². The SMILES string of the molecule is CNc1ccc(N=Nc2ccc(N=Nc3cc4c(SOOO)cccc4cc3S(=O)(=O)O)c3ccc(S(=O)(=O)O)cc23)c(C)c1.O=S(=O)=O. The van der Waals surface area contributed by atoms with Gasteiger partial charge in [-0.3, -0.25) is 9.11 Å². The van der Waals surface area contributed by atoms with E-state index in [0.29, 0.717) is 38.8 Å². The van der Waals surface area contributed by atoms with Gasteiger partial charge in [0.05, 0.1) is 34.0 Å². The van der Waals surface area contributed by atoms with E-state index in [-0.39, 0.29) is 22.4 Å². The van der Waals surface area contributed by atoms with E-state index in [4.69, 9.17) is 17.9 Å². The van der Waals surface area contributed by atoms with Crippen molar-refractivity contribution in [2.75, 3.05) is 12.4 Å². The van der Waals surface area contributed by atoms with E-state index in [1.807, 2.05) is 19.1 Å². The van der Waals surface area contributed by atoms with Gasteiger partial charge in [0.1, 0.15) is 10.6 Å². The van der Waals surface area contributed by atoms with Gasteiger partial charge in [0.25, 0.3) is 20.2 Å². The summed E-state index contributed by atoms with van der Waals surface area (Å²) in [5, 5.41) is 33.7. The molecule has 0 aliphatic heterocycles. The number of hydrogen-bond acceptors (Lipinski definition) is 16. The van der Waals surface area contributed by atoms with Gasteiger partial charge in [0, 0.05) is 28.4 Å². The van der Waals surface area contributed by atoms with Gasteiger partial charge in [0.2, 0.25) is 0 Å². The maximum atomic E-state index is 12.3. The number of aryl methyl sites for hydroxylation is 1. The molecule has 256 valence electrons. The summed E-state index contributed by atoms with van der Waals surface area (Å²) in [5.41, 5.74) is 2.50. The summed E-state index contributed by atoms with van der Waals surface area (Å²) in [6.07, 6.45) is 0. The fourth-order valence-corrected chi connectivity index (χ4v) is 6.09. The Morgan fingerprint density at radius 1 is 0.714 bits per heavy atom. The number of anilines is 1. The lowest BCUT2D eigenvalue weighted by molar-refractivity contribution is -0.432. The minimum atomic E-state index is -4.75. The summed E-state index contributed by atoms with van der Waals surface area (Å²) >= 11 is 0.650. The number of rotatable bonds is 10. The van der Waals surface area contributed by atoms with Crippen molar-refractivity contribution in [1.29, 1.82) is 0 Å². The lowest BCUT2D eigenvalue weighted by atomic mass is 10.1.